The summed E-state index contributed by atoms with van der Waals surface area (Å²) in [6.07, 6.45) is 16.9. The molecular formula is C29H48OSe. The van der Waals surface area contributed by atoms with Crippen LogP contribution in [0.1, 0.15) is 105 Å². The molecule has 1 N–H and O–H groups in total. The first-order valence-electron chi connectivity index (χ1n) is 13.5. The Labute approximate surface area is 200 Å². The Kier molecular flexibility index (Phi) is 7.33. The van der Waals surface area contributed by atoms with Crippen LogP contribution >= 0.6 is 0 Å². The summed E-state index contributed by atoms with van der Waals surface area (Å²) < 4.78 is 0. The van der Waals surface area contributed by atoms with Crippen molar-refractivity contribution >= 4 is 20.5 Å². The Morgan fingerprint density at radius 1 is 1.13 bits per heavy atom. The molecule has 3 saturated carbocycles. The maximum atomic E-state index is 10.6. The van der Waals surface area contributed by atoms with Crippen LogP contribution in [0.15, 0.2) is 11.6 Å². The summed E-state index contributed by atoms with van der Waals surface area (Å²) in [6.45, 7) is 12.6. The van der Waals surface area contributed by atoms with Gasteiger partial charge in [0, 0.05) is 0 Å². The van der Waals surface area contributed by atoms with Gasteiger partial charge in [0.2, 0.25) is 0 Å². The average Bonchev–Trinajstić information content (AvgIpc) is 3.06. The minimum absolute atomic E-state index is 0.128. The van der Waals surface area contributed by atoms with E-state index in [1.54, 1.807) is 5.57 Å². The Morgan fingerprint density at radius 2 is 1.90 bits per heavy atom. The van der Waals surface area contributed by atoms with Crippen molar-refractivity contribution in [3.05, 3.63) is 11.6 Å². The number of hydrogen-bond acceptors (Lipinski definition) is 1. The molecule has 0 heterocycles. The van der Waals surface area contributed by atoms with Gasteiger partial charge >= 0.3 is 175 Å². The van der Waals surface area contributed by atoms with Crippen molar-refractivity contribution in [3.63, 3.8) is 0 Å². The van der Waals surface area contributed by atoms with E-state index >= 15 is 0 Å². The summed E-state index contributed by atoms with van der Waals surface area (Å²) in [6, 6.07) is 0. The van der Waals surface area contributed by atoms with Crippen molar-refractivity contribution in [2.24, 2.45) is 52.3 Å². The Bertz CT molecular complexity index is 682. The van der Waals surface area contributed by atoms with Crippen molar-refractivity contribution in [2.75, 3.05) is 0 Å². The zero-order valence-corrected chi connectivity index (χ0v) is 22.6. The van der Waals surface area contributed by atoms with Gasteiger partial charge in [-0.15, -0.1) is 0 Å². The molecule has 4 aliphatic carbocycles. The second-order valence-electron chi connectivity index (χ2n) is 12.8. The van der Waals surface area contributed by atoms with Crippen LogP contribution in [0.5, 0.6) is 0 Å². The number of aliphatic hydroxyl groups is 1. The van der Waals surface area contributed by atoms with Crippen molar-refractivity contribution < 1.29 is 5.11 Å². The summed E-state index contributed by atoms with van der Waals surface area (Å²) in [4.78, 5) is 2.24. The third-order valence-electron chi connectivity index (χ3n) is 11.0. The van der Waals surface area contributed by atoms with Gasteiger partial charge in [0.05, 0.1) is 0 Å². The third-order valence-corrected chi connectivity index (χ3v) is 11.4. The quantitative estimate of drug-likeness (QED) is 0.301. The van der Waals surface area contributed by atoms with Crippen LogP contribution in [0.25, 0.3) is 0 Å². The fraction of sp³-hybridized carbons (Fsp3) is 0.897. The molecule has 1 nitrogen and oxygen atoms in total. The van der Waals surface area contributed by atoms with Crippen LogP contribution in [-0.4, -0.2) is 31.7 Å². The summed E-state index contributed by atoms with van der Waals surface area (Å²) in [5.41, 5.74) is 2.48. The monoisotopic (exact) mass is 492 g/mol. The molecule has 0 saturated heterocycles. The van der Waals surface area contributed by atoms with Crippen molar-refractivity contribution in [1.29, 1.82) is 0 Å². The van der Waals surface area contributed by atoms with Crippen LogP contribution in [0.2, 0.25) is 0 Å². The van der Waals surface area contributed by atoms with E-state index in [4.69, 9.17) is 0 Å². The molecule has 0 aromatic carbocycles. The standard InChI is InChI=1S/C29H48OSe/c1-19(2)7-6-8-20(3)25-11-12-26-24-10-9-21-17-23(30)18-22(14-16-31)29(21,5)27(24)13-15-28(25,26)4/h9,16,19-20,22-27,30H,6-8,10-15,17-18H2,1-5H3/t20-,22?,23-,24+,25-,26+,27+,28-,29-/m1/s1. The molecular weight excluding hydrogens is 443 g/mol. The first-order valence-corrected chi connectivity index (χ1v) is 14.5. The van der Waals surface area contributed by atoms with Crippen molar-refractivity contribution in [1.82, 2.24) is 0 Å². The first-order chi connectivity index (χ1) is 14.7. The second-order valence-corrected chi connectivity index (χ2v) is 13.5. The Balaban J connectivity index is 1.54. The van der Waals surface area contributed by atoms with E-state index in [0.29, 0.717) is 16.7 Å². The summed E-state index contributed by atoms with van der Waals surface area (Å²) in [5, 5.41) is 10.6. The Hall–Kier alpha value is 0.0895. The number of fused-ring (bicyclic) bond motifs is 5. The fourth-order valence-electron chi connectivity index (χ4n) is 9.36. The molecule has 0 radical (unpaired) electrons. The predicted molar refractivity (Wildman–Crippen MR) is 134 cm³/mol. The molecule has 4 aliphatic rings. The third kappa shape index (κ3) is 4.21. The topological polar surface area (TPSA) is 20.2 Å². The summed E-state index contributed by atoms with van der Waals surface area (Å²) >= 11 is 3.15. The Morgan fingerprint density at radius 3 is 2.61 bits per heavy atom. The van der Waals surface area contributed by atoms with E-state index in [2.05, 4.69) is 61.2 Å². The molecule has 4 rings (SSSR count). The van der Waals surface area contributed by atoms with E-state index < -0.39 is 0 Å². The summed E-state index contributed by atoms with van der Waals surface area (Å²) in [7, 11) is 0. The number of aliphatic hydroxyl groups excluding tert-OH is 1. The van der Waals surface area contributed by atoms with Crippen LogP contribution in [-0.2, 0) is 0 Å². The van der Waals surface area contributed by atoms with Gasteiger partial charge in [0.25, 0.3) is 0 Å². The fourth-order valence-corrected chi connectivity index (χ4v) is 9.84. The predicted octanol–water partition coefficient (Wildman–Crippen LogP) is 6.98. The van der Waals surface area contributed by atoms with Crippen LogP contribution in [0.3, 0.4) is 0 Å². The van der Waals surface area contributed by atoms with Gasteiger partial charge in [0.15, 0.2) is 0 Å². The normalized spacial score (nSPS) is 45.5. The molecule has 31 heavy (non-hydrogen) atoms. The maximum absolute atomic E-state index is 10.6. The van der Waals surface area contributed by atoms with Crippen molar-refractivity contribution in [3.8, 4) is 0 Å². The zero-order chi connectivity index (χ0) is 22.4. The van der Waals surface area contributed by atoms with Crippen LogP contribution < -0.4 is 0 Å². The van der Waals surface area contributed by atoms with E-state index in [0.717, 1.165) is 54.8 Å². The average molecular weight is 492 g/mol. The molecule has 0 aromatic rings. The molecule has 3 fully saturated rings. The molecule has 9 atom stereocenters. The molecule has 0 amide bonds. The van der Waals surface area contributed by atoms with Gasteiger partial charge in [-0.1, -0.05) is 20.3 Å². The molecule has 0 aromatic heterocycles. The van der Waals surface area contributed by atoms with Gasteiger partial charge < -0.3 is 0 Å². The zero-order valence-electron chi connectivity index (χ0n) is 20.9. The second kappa shape index (κ2) is 9.38. The van der Waals surface area contributed by atoms with Gasteiger partial charge in [0.1, 0.15) is 0 Å². The molecule has 0 spiro atoms. The van der Waals surface area contributed by atoms with E-state index in [1.807, 2.05) is 0 Å². The van der Waals surface area contributed by atoms with E-state index in [-0.39, 0.29) is 6.10 Å². The molecule has 1 unspecified atom stereocenters. The van der Waals surface area contributed by atoms with Crippen molar-refractivity contribution in [2.45, 2.75) is 111 Å². The number of hydrogen-bond donors (Lipinski definition) is 1. The van der Waals surface area contributed by atoms with Crippen LogP contribution in [0.4, 0.5) is 0 Å². The van der Waals surface area contributed by atoms with Gasteiger partial charge in [-0.3, -0.25) is 0 Å². The number of rotatable bonds is 7. The first kappa shape index (κ1) is 24.2. The van der Waals surface area contributed by atoms with Gasteiger partial charge in [-0.05, 0) is 5.92 Å². The minimum atomic E-state index is -0.128. The number of allylic oxidation sites excluding steroid dienone is 1. The van der Waals surface area contributed by atoms with E-state index in [1.165, 1.54) is 51.4 Å². The van der Waals surface area contributed by atoms with Crippen LogP contribution in [0, 0.1) is 52.3 Å². The molecule has 176 valence electrons. The van der Waals surface area contributed by atoms with Gasteiger partial charge in [-0.25, -0.2) is 0 Å². The van der Waals surface area contributed by atoms with E-state index in [9.17, 15) is 5.11 Å². The SMILES string of the molecule is CC(C)CCC[C@@H](C)[C@H]1CC[C@H]2[C@@H]3CC=C4C[C@@H](O)CC(CC=[Se])[C@]4(C)[C@H]3CC[C@]12C. The molecule has 0 aliphatic heterocycles. The van der Waals surface area contributed by atoms with Gasteiger partial charge in [-0.2, -0.15) is 0 Å². The molecule has 0 bridgehead atoms. The molecule has 2 heteroatoms. The summed E-state index contributed by atoms with van der Waals surface area (Å²) in [5.74, 6) is 5.90.